The van der Waals surface area contributed by atoms with Gasteiger partial charge in [0.2, 0.25) is 0 Å². The van der Waals surface area contributed by atoms with Gasteiger partial charge in [-0.25, -0.2) is 4.98 Å². The number of Topliss-reactive ketones (excluding diaryl/α,β-unsaturated/α-hetero) is 1. The van der Waals surface area contributed by atoms with Crippen molar-refractivity contribution in [1.82, 2.24) is 9.97 Å². The van der Waals surface area contributed by atoms with Crippen molar-refractivity contribution in [3.63, 3.8) is 0 Å². The largest absolute Gasteiger partial charge is 0.345 e. The number of benzene rings is 2. The van der Waals surface area contributed by atoms with Gasteiger partial charge in [-0.15, -0.1) is 0 Å². The summed E-state index contributed by atoms with van der Waals surface area (Å²) in [5, 5.41) is 0.579. The monoisotopic (exact) mass is 270 g/mol. The van der Waals surface area contributed by atoms with Gasteiger partial charge in [0.25, 0.3) is 0 Å². The number of H-pyrrole nitrogens is 1. The van der Waals surface area contributed by atoms with Crippen LogP contribution in [0.2, 0.25) is 5.02 Å². The topological polar surface area (TPSA) is 45.8 Å². The van der Waals surface area contributed by atoms with Crippen molar-refractivity contribution in [3.05, 3.63) is 64.9 Å². The number of hydrogen-bond acceptors (Lipinski definition) is 2. The number of imidazole rings is 1. The van der Waals surface area contributed by atoms with Crippen LogP contribution < -0.4 is 0 Å². The summed E-state index contributed by atoms with van der Waals surface area (Å²) in [7, 11) is 0. The second-order valence-corrected chi connectivity index (χ2v) is 4.80. The van der Waals surface area contributed by atoms with Crippen LogP contribution in [0.3, 0.4) is 0 Å². The molecule has 0 aliphatic heterocycles. The standard InChI is InChI=1S/C15H11ClN2O/c16-12-3-1-2-11(8-12)15(19)7-10-4-5-13-14(6-10)18-9-17-13/h1-6,8-9H,7H2,(H,17,18). The molecule has 0 fully saturated rings. The van der Waals surface area contributed by atoms with E-state index in [1.807, 2.05) is 18.2 Å². The first-order valence-electron chi connectivity index (χ1n) is 5.93. The molecule has 0 atom stereocenters. The van der Waals surface area contributed by atoms with Crippen LogP contribution in [-0.2, 0) is 6.42 Å². The average molecular weight is 271 g/mol. The molecule has 2 aromatic carbocycles. The summed E-state index contributed by atoms with van der Waals surface area (Å²) in [6, 6.07) is 12.8. The van der Waals surface area contributed by atoms with Crippen LogP contribution in [0.5, 0.6) is 0 Å². The minimum Gasteiger partial charge on any atom is -0.345 e. The first kappa shape index (κ1) is 11.9. The number of halogens is 1. The Hall–Kier alpha value is -2.13. The van der Waals surface area contributed by atoms with Crippen molar-refractivity contribution in [2.24, 2.45) is 0 Å². The zero-order chi connectivity index (χ0) is 13.2. The minimum atomic E-state index is 0.0568. The van der Waals surface area contributed by atoms with Crippen molar-refractivity contribution >= 4 is 28.4 Å². The van der Waals surface area contributed by atoms with Crippen molar-refractivity contribution in [3.8, 4) is 0 Å². The van der Waals surface area contributed by atoms with E-state index in [2.05, 4.69) is 9.97 Å². The molecule has 3 rings (SSSR count). The van der Waals surface area contributed by atoms with Crippen molar-refractivity contribution in [2.45, 2.75) is 6.42 Å². The average Bonchev–Trinajstić information content (AvgIpc) is 2.86. The Balaban J connectivity index is 1.86. The van der Waals surface area contributed by atoms with Gasteiger partial charge in [-0.3, -0.25) is 4.79 Å². The molecule has 1 heterocycles. The molecule has 0 aliphatic carbocycles. The molecule has 0 unspecified atom stereocenters. The number of carbonyl (C=O) groups excluding carboxylic acids is 1. The Morgan fingerprint density at radius 2 is 2.11 bits per heavy atom. The van der Waals surface area contributed by atoms with Crippen LogP contribution in [0.15, 0.2) is 48.8 Å². The molecule has 3 aromatic rings. The van der Waals surface area contributed by atoms with Gasteiger partial charge in [0.05, 0.1) is 17.4 Å². The lowest BCUT2D eigenvalue weighted by Crippen LogP contribution is -2.03. The second-order valence-electron chi connectivity index (χ2n) is 4.36. The third kappa shape index (κ3) is 2.51. The highest BCUT2D eigenvalue weighted by Crippen LogP contribution is 2.16. The summed E-state index contributed by atoms with van der Waals surface area (Å²) >= 11 is 5.89. The zero-order valence-electron chi connectivity index (χ0n) is 10.1. The zero-order valence-corrected chi connectivity index (χ0v) is 10.8. The first-order valence-corrected chi connectivity index (χ1v) is 6.31. The van der Waals surface area contributed by atoms with Crippen LogP contribution in [0.4, 0.5) is 0 Å². The fraction of sp³-hybridized carbons (Fsp3) is 0.0667. The molecule has 1 N–H and O–H groups in total. The number of ketones is 1. The number of aromatic amines is 1. The second kappa shape index (κ2) is 4.86. The van der Waals surface area contributed by atoms with Gasteiger partial charge in [-0.05, 0) is 29.8 Å². The highest BCUT2D eigenvalue weighted by Gasteiger charge is 2.08. The van der Waals surface area contributed by atoms with E-state index in [1.54, 1.807) is 30.6 Å². The van der Waals surface area contributed by atoms with E-state index < -0.39 is 0 Å². The molecule has 0 bridgehead atoms. The molecule has 0 saturated carbocycles. The third-order valence-corrected chi connectivity index (χ3v) is 3.23. The van der Waals surface area contributed by atoms with E-state index in [0.29, 0.717) is 17.0 Å². The molecule has 4 heteroatoms. The lowest BCUT2D eigenvalue weighted by Gasteiger charge is -2.02. The minimum absolute atomic E-state index is 0.0568. The number of nitrogens with zero attached hydrogens (tertiary/aromatic N) is 1. The van der Waals surface area contributed by atoms with E-state index in [1.165, 1.54) is 0 Å². The number of aromatic nitrogens is 2. The molecule has 0 saturated heterocycles. The molecule has 0 radical (unpaired) electrons. The van der Waals surface area contributed by atoms with Gasteiger partial charge in [0.1, 0.15) is 0 Å². The van der Waals surface area contributed by atoms with E-state index in [-0.39, 0.29) is 5.78 Å². The summed E-state index contributed by atoms with van der Waals surface area (Å²) in [6.07, 6.45) is 2.00. The molecule has 0 spiro atoms. The highest BCUT2D eigenvalue weighted by molar-refractivity contribution is 6.31. The van der Waals surface area contributed by atoms with Crippen LogP contribution in [0, 0.1) is 0 Å². The molecule has 0 aliphatic rings. The van der Waals surface area contributed by atoms with Gasteiger partial charge in [0.15, 0.2) is 5.78 Å². The van der Waals surface area contributed by atoms with E-state index in [4.69, 9.17) is 11.6 Å². The fourth-order valence-electron chi connectivity index (χ4n) is 2.04. The Labute approximate surface area is 115 Å². The normalized spacial score (nSPS) is 10.8. The van der Waals surface area contributed by atoms with E-state index in [0.717, 1.165) is 16.6 Å². The summed E-state index contributed by atoms with van der Waals surface area (Å²) < 4.78 is 0. The molecule has 3 nitrogen and oxygen atoms in total. The highest BCUT2D eigenvalue weighted by atomic mass is 35.5. The smallest absolute Gasteiger partial charge is 0.167 e. The molecule has 94 valence electrons. The van der Waals surface area contributed by atoms with Crippen molar-refractivity contribution in [2.75, 3.05) is 0 Å². The predicted octanol–water partition coefficient (Wildman–Crippen LogP) is 3.64. The summed E-state index contributed by atoms with van der Waals surface area (Å²) in [5.41, 5.74) is 3.44. The molecule has 19 heavy (non-hydrogen) atoms. The number of nitrogens with one attached hydrogen (secondary N) is 1. The quantitative estimate of drug-likeness (QED) is 0.739. The van der Waals surface area contributed by atoms with Gasteiger partial charge < -0.3 is 4.98 Å². The van der Waals surface area contributed by atoms with Gasteiger partial charge in [-0.1, -0.05) is 29.8 Å². The van der Waals surface area contributed by atoms with Gasteiger partial charge >= 0.3 is 0 Å². The number of hydrogen-bond donors (Lipinski definition) is 1. The third-order valence-electron chi connectivity index (χ3n) is 3.00. The molecule has 1 aromatic heterocycles. The number of fused-ring (bicyclic) bond motifs is 1. The van der Waals surface area contributed by atoms with E-state index in [9.17, 15) is 4.79 Å². The van der Waals surface area contributed by atoms with Crippen LogP contribution >= 0.6 is 11.6 Å². The first-order chi connectivity index (χ1) is 9.22. The number of carbonyl (C=O) groups is 1. The SMILES string of the molecule is O=C(Cc1ccc2nc[nH]c2c1)c1cccc(Cl)c1. The fourth-order valence-corrected chi connectivity index (χ4v) is 2.23. The number of rotatable bonds is 3. The Kier molecular flexibility index (Phi) is 3.05. The summed E-state index contributed by atoms with van der Waals surface area (Å²) in [6.45, 7) is 0. The summed E-state index contributed by atoms with van der Waals surface area (Å²) in [4.78, 5) is 19.3. The Morgan fingerprint density at radius 3 is 2.95 bits per heavy atom. The Bertz CT molecular complexity index is 748. The lowest BCUT2D eigenvalue weighted by atomic mass is 10.0. The van der Waals surface area contributed by atoms with Crippen molar-refractivity contribution in [1.29, 1.82) is 0 Å². The summed E-state index contributed by atoms with van der Waals surface area (Å²) in [5.74, 6) is 0.0568. The van der Waals surface area contributed by atoms with Gasteiger partial charge in [-0.2, -0.15) is 0 Å². The molecular formula is C15H11ClN2O. The van der Waals surface area contributed by atoms with Gasteiger partial charge in [0, 0.05) is 17.0 Å². The van der Waals surface area contributed by atoms with Crippen LogP contribution in [0.25, 0.3) is 11.0 Å². The van der Waals surface area contributed by atoms with Crippen molar-refractivity contribution < 1.29 is 4.79 Å². The lowest BCUT2D eigenvalue weighted by molar-refractivity contribution is 0.0993. The van der Waals surface area contributed by atoms with E-state index >= 15 is 0 Å². The maximum Gasteiger partial charge on any atom is 0.167 e. The Morgan fingerprint density at radius 1 is 1.21 bits per heavy atom. The molecule has 0 amide bonds. The van der Waals surface area contributed by atoms with Crippen LogP contribution in [-0.4, -0.2) is 15.8 Å². The maximum absolute atomic E-state index is 12.2. The predicted molar refractivity (Wildman–Crippen MR) is 75.6 cm³/mol. The maximum atomic E-state index is 12.2. The molecular weight excluding hydrogens is 260 g/mol. The van der Waals surface area contributed by atoms with Crippen LogP contribution in [0.1, 0.15) is 15.9 Å².